The van der Waals surface area contributed by atoms with Crippen molar-refractivity contribution in [3.05, 3.63) is 48.2 Å². The predicted molar refractivity (Wildman–Crippen MR) is 108 cm³/mol. The molecule has 0 unspecified atom stereocenters. The van der Waals surface area contributed by atoms with E-state index in [9.17, 15) is 4.79 Å². The summed E-state index contributed by atoms with van der Waals surface area (Å²) >= 11 is 0. The number of carbonyl (C=O) groups excluding carboxylic acids is 1. The highest BCUT2D eigenvalue weighted by atomic mass is 16.5. The fraction of sp³-hybridized carbons (Fsp3) is 0.364. The van der Waals surface area contributed by atoms with E-state index >= 15 is 0 Å². The highest BCUT2D eigenvalue weighted by Gasteiger charge is 2.30. The Bertz CT molecular complexity index is 1040. The molecule has 1 amide bonds. The smallest absolute Gasteiger partial charge is 0.237 e. The van der Waals surface area contributed by atoms with Crippen molar-refractivity contribution in [1.82, 2.24) is 20.4 Å². The van der Waals surface area contributed by atoms with Crippen LogP contribution >= 0.6 is 0 Å². The molecule has 3 heterocycles. The van der Waals surface area contributed by atoms with E-state index in [2.05, 4.69) is 41.0 Å². The number of amides is 1. The number of nitrogens with one attached hydrogen (secondary N) is 2. The molecule has 6 heteroatoms. The molecule has 0 spiro atoms. The monoisotopic (exact) mass is 376 g/mol. The van der Waals surface area contributed by atoms with E-state index in [1.165, 1.54) is 16.6 Å². The Labute approximate surface area is 163 Å². The van der Waals surface area contributed by atoms with Gasteiger partial charge in [0.15, 0.2) is 0 Å². The van der Waals surface area contributed by atoms with Gasteiger partial charge in [0, 0.05) is 37.6 Å². The van der Waals surface area contributed by atoms with Gasteiger partial charge in [-0.3, -0.25) is 9.48 Å². The lowest BCUT2D eigenvalue weighted by atomic mass is 9.98. The van der Waals surface area contributed by atoms with E-state index in [-0.39, 0.29) is 18.1 Å². The lowest BCUT2D eigenvalue weighted by Crippen LogP contribution is -2.40. The van der Waals surface area contributed by atoms with Gasteiger partial charge in [-0.05, 0) is 42.2 Å². The second-order valence-electron chi connectivity index (χ2n) is 7.63. The highest BCUT2D eigenvalue weighted by molar-refractivity contribution is 5.97. The average Bonchev–Trinajstić information content (AvgIpc) is 3.28. The summed E-state index contributed by atoms with van der Waals surface area (Å²) in [5, 5.41) is 12.2. The van der Waals surface area contributed by atoms with E-state index in [0.717, 1.165) is 29.7 Å². The number of fused-ring (bicyclic) bond motifs is 5. The molecule has 1 fully saturated rings. The van der Waals surface area contributed by atoms with E-state index in [4.69, 9.17) is 9.84 Å². The number of aryl methyl sites for hydroxylation is 2. The van der Waals surface area contributed by atoms with Crippen LogP contribution in [0.25, 0.3) is 22.0 Å². The fourth-order valence-electron chi connectivity index (χ4n) is 4.35. The summed E-state index contributed by atoms with van der Waals surface area (Å²) in [7, 11) is 1.99. The molecule has 3 aromatic rings. The lowest BCUT2D eigenvalue weighted by Gasteiger charge is -2.14. The van der Waals surface area contributed by atoms with Gasteiger partial charge in [0.05, 0.1) is 11.6 Å². The third-order valence-corrected chi connectivity index (χ3v) is 5.72. The first kappa shape index (κ1) is 17.3. The molecule has 6 nitrogen and oxygen atoms in total. The summed E-state index contributed by atoms with van der Waals surface area (Å²) in [4.78, 5) is 12.4. The van der Waals surface area contributed by atoms with Gasteiger partial charge in [-0.1, -0.05) is 24.3 Å². The van der Waals surface area contributed by atoms with Crippen molar-refractivity contribution in [2.75, 3.05) is 13.1 Å². The molecule has 4 bridgehead atoms. The fourth-order valence-corrected chi connectivity index (χ4v) is 4.35. The quantitative estimate of drug-likeness (QED) is 0.632. The van der Waals surface area contributed by atoms with Crippen LogP contribution < -0.4 is 15.4 Å². The van der Waals surface area contributed by atoms with Gasteiger partial charge in [0.2, 0.25) is 5.91 Å². The first-order chi connectivity index (χ1) is 13.7. The molecule has 1 aromatic heterocycles. The number of rotatable bonds is 0. The maximum Gasteiger partial charge on any atom is 0.237 e. The zero-order chi connectivity index (χ0) is 19.1. The van der Waals surface area contributed by atoms with Crippen molar-refractivity contribution >= 4 is 16.8 Å². The molecule has 28 heavy (non-hydrogen) atoms. The molecular weight excluding hydrogens is 352 g/mol. The molecule has 2 aromatic carbocycles. The Balaban J connectivity index is 1.62. The average molecular weight is 376 g/mol. The van der Waals surface area contributed by atoms with Crippen molar-refractivity contribution in [2.24, 2.45) is 7.05 Å². The van der Waals surface area contributed by atoms with Gasteiger partial charge in [0.25, 0.3) is 0 Å². The zero-order valence-corrected chi connectivity index (χ0v) is 15.9. The Morgan fingerprint density at radius 1 is 1.21 bits per heavy atom. The van der Waals surface area contributed by atoms with Crippen molar-refractivity contribution in [3.8, 4) is 16.9 Å². The molecule has 2 aliphatic heterocycles. The number of ether oxygens (including phenoxy) is 1. The van der Waals surface area contributed by atoms with Crippen molar-refractivity contribution in [3.63, 3.8) is 0 Å². The Morgan fingerprint density at radius 2 is 2.11 bits per heavy atom. The normalized spacial score (nSPS) is 22.2. The number of benzene rings is 2. The summed E-state index contributed by atoms with van der Waals surface area (Å²) < 4.78 is 8.17. The van der Waals surface area contributed by atoms with Crippen LogP contribution in [-0.4, -0.2) is 40.9 Å². The van der Waals surface area contributed by atoms with Crippen LogP contribution in [0.5, 0.6) is 5.75 Å². The van der Waals surface area contributed by atoms with Gasteiger partial charge in [-0.15, -0.1) is 0 Å². The van der Waals surface area contributed by atoms with Crippen molar-refractivity contribution in [1.29, 1.82) is 0 Å². The van der Waals surface area contributed by atoms with Crippen molar-refractivity contribution < 1.29 is 9.53 Å². The summed E-state index contributed by atoms with van der Waals surface area (Å²) in [5.74, 6) is 0.896. The SMILES string of the molecule is Cn1nc2cccc3c2c1CCCNC(=O)[C@@H]1C[C@@H](CN1)Oc1cccc-3c1. The molecule has 0 aliphatic carbocycles. The van der Waals surface area contributed by atoms with Crippen LogP contribution in [0.2, 0.25) is 0 Å². The molecule has 144 valence electrons. The summed E-state index contributed by atoms with van der Waals surface area (Å²) in [6.07, 6.45) is 2.43. The lowest BCUT2D eigenvalue weighted by molar-refractivity contribution is -0.122. The molecule has 1 saturated heterocycles. The second-order valence-corrected chi connectivity index (χ2v) is 7.63. The maximum absolute atomic E-state index is 12.4. The minimum atomic E-state index is -0.182. The van der Waals surface area contributed by atoms with Crippen LogP contribution in [0.15, 0.2) is 42.5 Å². The van der Waals surface area contributed by atoms with E-state index in [0.29, 0.717) is 19.5 Å². The van der Waals surface area contributed by atoms with Crippen LogP contribution in [0.3, 0.4) is 0 Å². The highest BCUT2D eigenvalue weighted by Crippen LogP contribution is 2.33. The van der Waals surface area contributed by atoms with Crippen LogP contribution in [-0.2, 0) is 18.3 Å². The van der Waals surface area contributed by atoms with Crippen LogP contribution in [0.4, 0.5) is 0 Å². The molecule has 2 N–H and O–H groups in total. The molecule has 0 saturated carbocycles. The van der Waals surface area contributed by atoms with E-state index in [1.807, 2.05) is 23.9 Å². The summed E-state index contributed by atoms with van der Waals surface area (Å²) in [6.45, 7) is 1.34. The topological polar surface area (TPSA) is 68.2 Å². The predicted octanol–water partition coefficient (Wildman–Crippen LogP) is 2.41. The Hall–Kier alpha value is -2.86. The minimum absolute atomic E-state index is 0.000809. The summed E-state index contributed by atoms with van der Waals surface area (Å²) in [6, 6.07) is 14.3. The van der Waals surface area contributed by atoms with Gasteiger partial charge in [-0.25, -0.2) is 0 Å². The first-order valence-corrected chi connectivity index (χ1v) is 9.92. The van der Waals surface area contributed by atoms with Gasteiger partial charge >= 0.3 is 0 Å². The zero-order valence-electron chi connectivity index (χ0n) is 15.9. The van der Waals surface area contributed by atoms with Gasteiger partial charge < -0.3 is 15.4 Å². The van der Waals surface area contributed by atoms with Crippen LogP contribution in [0.1, 0.15) is 18.5 Å². The number of aromatic nitrogens is 2. The standard InChI is InChI=1S/C22H24N4O2/c1-26-20-9-4-10-23-22(27)19-12-16(13-24-19)28-15-6-2-5-14(11-15)17-7-3-8-18(25-26)21(17)20/h2-3,5-8,11,16,19,24H,4,9-10,12-13H2,1H3,(H,23,27)/t16-,19-/m0/s1. The van der Waals surface area contributed by atoms with E-state index in [1.54, 1.807) is 0 Å². The van der Waals surface area contributed by atoms with E-state index < -0.39 is 0 Å². The second kappa shape index (κ2) is 6.95. The third kappa shape index (κ3) is 3.03. The number of hydrogen-bond acceptors (Lipinski definition) is 4. The molecular formula is C22H24N4O2. The largest absolute Gasteiger partial charge is 0.489 e. The number of nitrogens with zero attached hydrogens (tertiary/aromatic N) is 2. The molecule has 5 rings (SSSR count). The molecule has 2 atom stereocenters. The maximum atomic E-state index is 12.4. The Morgan fingerprint density at radius 3 is 3.04 bits per heavy atom. The number of carbonyl (C=O) groups is 1. The van der Waals surface area contributed by atoms with Gasteiger partial charge in [-0.2, -0.15) is 5.10 Å². The first-order valence-electron chi connectivity index (χ1n) is 9.92. The van der Waals surface area contributed by atoms with Gasteiger partial charge in [0.1, 0.15) is 11.9 Å². The minimum Gasteiger partial charge on any atom is -0.489 e. The van der Waals surface area contributed by atoms with Crippen LogP contribution in [0, 0.1) is 0 Å². The third-order valence-electron chi connectivity index (χ3n) is 5.72. The number of hydrogen-bond donors (Lipinski definition) is 2. The Kier molecular flexibility index (Phi) is 4.28. The van der Waals surface area contributed by atoms with Crippen molar-refractivity contribution in [2.45, 2.75) is 31.4 Å². The molecule has 0 radical (unpaired) electrons. The summed E-state index contributed by atoms with van der Waals surface area (Å²) in [5.41, 5.74) is 4.50. The molecule has 2 aliphatic rings.